The third-order valence-corrected chi connectivity index (χ3v) is 2.83. The Labute approximate surface area is 117 Å². The maximum Gasteiger partial charge on any atom is 0.257 e. The second-order valence-electron chi connectivity index (χ2n) is 3.63. The van der Waals surface area contributed by atoms with E-state index in [2.05, 4.69) is 10.3 Å². The first-order chi connectivity index (χ1) is 8.97. The Kier molecular flexibility index (Phi) is 3.87. The number of nitrogens with zero attached hydrogens (tertiary/aromatic N) is 1. The number of pyridine rings is 1. The van der Waals surface area contributed by atoms with Crippen molar-refractivity contribution in [1.82, 2.24) is 4.98 Å². The molecule has 0 fully saturated rings. The van der Waals surface area contributed by atoms with Gasteiger partial charge in [0.1, 0.15) is 11.6 Å². The molecule has 7 heteroatoms. The first-order valence-corrected chi connectivity index (χ1v) is 5.83. The molecule has 1 amide bonds. The van der Waals surface area contributed by atoms with Gasteiger partial charge in [-0.05, 0) is 18.2 Å². The van der Waals surface area contributed by atoms with Crippen molar-refractivity contribution < 1.29 is 14.3 Å². The summed E-state index contributed by atoms with van der Waals surface area (Å²) in [5, 5.41) is 11.6. The van der Waals surface area contributed by atoms with Crippen LogP contribution in [-0.2, 0) is 0 Å². The summed E-state index contributed by atoms with van der Waals surface area (Å²) in [6, 6.07) is 3.29. The van der Waals surface area contributed by atoms with E-state index >= 15 is 0 Å². The molecule has 0 radical (unpaired) electrons. The zero-order valence-corrected chi connectivity index (χ0v) is 10.8. The summed E-state index contributed by atoms with van der Waals surface area (Å²) in [7, 11) is 0. The lowest BCUT2D eigenvalue weighted by Crippen LogP contribution is -2.13. The third kappa shape index (κ3) is 3.13. The van der Waals surface area contributed by atoms with Crippen LogP contribution in [0.1, 0.15) is 10.4 Å². The van der Waals surface area contributed by atoms with Crippen molar-refractivity contribution in [3.63, 3.8) is 0 Å². The fraction of sp³-hybridized carbons (Fsp3) is 0. The molecular weight excluding hydrogens is 294 g/mol. The first-order valence-electron chi connectivity index (χ1n) is 5.07. The molecule has 0 bridgehead atoms. The minimum absolute atomic E-state index is 0.0218. The summed E-state index contributed by atoms with van der Waals surface area (Å²) in [5.41, 5.74) is 0.217. The molecule has 19 heavy (non-hydrogen) atoms. The lowest BCUT2D eigenvalue weighted by atomic mass is 10.2. The Morgan fingerprint density at radius 3 is 2.42 bits per heavy atom. The van der Waals surface area contributed by atoms with Crippen LogP contribution in [0.15, 0.2) is 30.6 Å². The van der Waals surface area contributed by atoms with Crippen molar-refractivity contribution in [2.24, 2.45) is 0 Å². The number of anilines is 1. The molecule has 0 atom stereocenters. The van der Waals surface area contributed by atoms with Crippen LogP contribution in [-0.4, -0.2) is 16.0 Å². The van der Waals surface area contributed by atoms with Crippen LogP contribution in [0.5, 0.6) is 5.75 Å². The molecule has 2 rings (SSSR count). The molecule has 0 aliphatic heterocycles. The zero-order valence-electron chi connectivity index (χ0n) is 9.32. The van der Waals surface area contributed by atoms with Crippen molar-refractivity contribution in [2.75, 3.05) is 5.32 Å². The van der Waals surface area contributed by atoms with E-state index in [9.17, 15) is 14.3 Å². The third-order valence-electron chi connectivity index (χ3n) is 2.23. The highest BCUT2D eigenvalue weighted by atomic mass is 35.5. The summed E-state index contributed by atoms with van der Waals surface area (Å²) in [5.74, 6) is -1.32. The molecule has 0 aliphatic carbocycles. The Hall–Kier alpha value is -1.85. The molecule has 98 valence electrons. The van der Waals surface area contributed by atoms with Crippen molar-refractivity contribution in [2.45, 2.75) is 0 Å². The van der Waals surface area contributed by atoms with Crippen LogP contribution < -0.4 is 5.32 Å². The van der Waals surface area contributed by atoms with Gasteiger partial charge in [0.15, 0.2) is 0 Å². The van der Waals surface area contributed by atoms with Crippen molar-refractivity contribution in [1.29, 1.82) is 0 Å². The van der Waals surface area contributed by atoms with Gasteiger partial charge in [0.2, 0.25) is 0 Å². The monoisotopic (exact) mass is 300 g/mol. The number of carbonyl (C=O) groups is 1. The maximum atomic E-state index is 13.0. The number of aromatic nitrogens is 1. The standard InChI is InChI=1S/C12H7Cl2FN2O2/c13-9-2-7(15)3-10(14)11(9)17-12(19)6-1-8(18)5-16-4-6/h1-5,18H,(H,17,19). The molecule has 4 nitrogen and oxygen atoms in total. The quantitative estimate of drug-likeness (QED) is 0.892. The van der Waals surface area contributed by atoms with E-state index < -0.39 is 11.7 Å². The van der Waals surface area contributed by atoms with Gasteiger partial charge in [0.05, 0.1) is 27.5 Å². The number of benzene rings is 1. The van der Waals surface area contributed by atoms with Crippen LogP contribution in [0.4, 0.5) is 10.1 Å². The molecule has 2 aromatic rings. The zero-order chi connectivity index (χ0) is 14.0. The van der Waals surface area contributed by atoms with Crippen molar-refractivity contribution >= 4 is 34.8 Å². The van der Waals surface area contributed by atoms with E-state index in [4.69, 9.17) is 23.2 Å². The Morgan fingerprint density at radius 2 is 1.84 bits per heavy atom. The Morgan fingerprint density at radius 1 is 1.21 bits per heavy atom. The van der Waals surface area contributed by atoms with Gasteiger partial charge < -0.3 is 10.4 Å². The smallest absolute Gasteiger partial charge is 0.257 e. The van der Waals surface area contributed by atoms with E-state index in [0.717, 1.165) is 12.1 Å². The topological polar surface area (TPSA) is 62.2 Å². The highest BCUT2D eigenvalue weighted by Crippen LogP contribution is 2.31. The molecule has 1 heterocycles. The Balaban J connectivity index is 2.29. The van der Waals surface area contributed by atoms with Gasteiger partial charge in [-0.1, -0.05) is 23.2 Å². The minimum atomic E-state index is -0.605. The second-order valence-corrected chi connectivity index (χ2v) is 4.44. The molecule has 0 unspecified atom stereocenters. The second kappa shape index (κ2) is 5.42. The van der Waals surface area contributed by atoms with E-state index in [1.807, 2.05) is 0 Å². The average molecular weight is 301 g/mol. The van der Waals surface area contributed by atoms with E-state index in [0.29, 0.717) is 0 Å². The van der Waals surface area contributed by atoms with Crippen LogP contribution in [0, 0.1) is 5.82 Å². The number of hydrogen-bond donors (Lipinski definition) is 2. The molecule has 1 aromatic heterocycles. The lowest BCUT2D eigenvalue weighted by Gasteiger charge is -2.09. The summed E-state index contributed by atoms with van der Waals surface area (Å²) in [6.07, 6.45) is 2.45. The van der Waals surface area contributed by atoms with Crippen LogP contribution >= 0.6 is 23.2 Å². The maximum absolute atomic E-state index is 13.0. The molecule has 2 N–H and O–H groups in total. The summed E-state index contributed by atoms with van der Waals surface area (Å²) < 4.78 is 13.0. The predicted octanol–water partition coefficient (Wildman–Crippen LogP) is 3.49. The van der Waals surface area contributed by atoms with E-state index in [1.54, 1.807) is 0 Å². The number of amides is 1. The molecule has 0 saturated carbocycles. The highest BCUT2D eigenvalue weighted by Gasteiger charge is 2.13. The van der Waals surface area contributed by atoms with Gasteiger partial charge in [-0.2, -0.15) is 0 Å². The Bertz CT molecular complexity index is 626. The van der Waals surface area contributed by atoms with Gasteiger partial charge in [0.25, 0.3) is 5.91 Å². The molecule has 0 spiro atoms. The first kappa shape index (κ1) is 13.6. The molecule has 0 saturated heterocycles. The minimum Gasteiger partial charge on any atom is -0.506 e. The number of rotatable bonds is 2. The van der Waals surface area contributed by atoms with E-state index in [-0.39, 0.29) is 27.0 Å². The van der Waals surface area contributed by atoms with Crippen LogP contribution in [0.2, 0.25) is 10.0 Å². The molecular formula is C12H7Cl2FN2O2. The SMILES string of the molecule is O=C(Nc1c(Cl)cc(F)cc1Cl)c1cncc(O)c1. The largest absolute Gasteiger partial charge is 0.506 e. The predicted molar refractivity (Wildman–Crippen MR) is 70.3 cm³/mol. The highest BCUT2D eigenvalue weighted by molar-refractivity contribution is 6.40. The molecule has 0 aliphatic rings. The van der Waals surface area contributed by atoms with Crippen LogP contribution in [0.3, 0.4) is 0 Å². The van der Waals surface area contributed by atoms with Gasteiger partial charge in [0, 0.05) is 6.20 Å². The average Bonchev–Trinajstić information content (AvgIpc) is 2.33. The summed E-state index contributed by atoms with van der Waals surface area (Å²) in [6.45, 7) is 0. The number of nitrogens with one attached hydrogen (secondary N) is 1. The van der Waals surface area contributed by atoms with Crippen molar-refractivity contribution in [3.05, 3.63) is 52.0 Å². The number of hydrogen-bond acceptors (Lipinski definition) is 3. The fourth-order valence-corrected chi connectivity index (χ4v) is 1.95. The molecule has 1 aromatic carbocycles. The van der Waals surface area contributed by atoms with E-state index in [1.165, 1.54) is 18.5 Å². The van der Waals surface area contributed by atoms with Crippen molar-refractivity contribution in [3.8, 4) is 5.75 Å². The van der Waals surface area contributed by atoms with Gasteiger partial charge in [-0.15, -0.1) is 0 Å². The summed E-state index contributed by atoms with van der Waals surface area (Å²) in [4.78, 5) is 15.6. The van der Waals surface area contributed by atoms with Gasteiger partial charge in [-0.3, -0.25) is 9.78 Å². The van der Waals surface area contributed by atoms with Gasteiger partial charge in [-0.25, -0.2) is 4.39 Å². The van der Waals surface area contributed by atoms with Crippen LogP contribution in [0.25, 0.3) is 0 Å². The lowest BCUT2D eigenvalue weighted by molar-refractivity contribution is 0.102. The number of aromatic hydroxyl groups is 1. The number of carbonyl (C=O) groups excluding carboxylic acids is 1. The number of halogens is 3. The fourth-order valence-electron chi connectivity index (χ4n) is 1.40. The normalized spacial score (nSPS) is 10.3. The summed E-state index contributed by atoms with van der Waals surface area (Å²) >= 11 is 11.6. The van der Waals surface area contributed by atoms with Gasteiger partial charge >= 0.3 is 0 Å².